The van der Waals surface area contributed by atoms with Gasteiger partial charge in [0.15, 0.2) is 5.69 Å². The van der Waals surface area contributed by atoms with E-state index in [9.17, 15) is 4.79 Å². The van der Waals surface area contributed by atoms with Gasteiger partial charge >= 0.3 is 5.97 Å². The van der Waals surface area contributed by atoms with Crippen molar-refractivity contribution in [2.24, 2.45) is 0 Å². The molecule has 0 fully saturated rings. The third-order valence-electron chi connectivity index (χ3n) is 2.89. The van der Waals surface area contributed by atoms with E-state index >= 15 is 0 Å². The van der Waals surface area contributed by atoms with Gasteiger partial charge in [0.25, 0.3) is 0 Å². The Labute approximate surface area is 117 Å². The van der Waals surface area contributed by atoms with Gasteiger partial charge in [-0.25, -0.2) is 9.48 Å². The van der Waals surface area contributed by atoms with E-state index < -0.39 is 5.97 Å². The number of hydrogen-bond acceptors (Lipinski definition) is 4. The zero-order valence-corrected chi connectivity index (χ0v) is 11.5. The topological polar surface area (TPSA) is 77.2 Å². The highest BCUT2D eigenvalue weighted by atomic mass is 16.5. The molecule has 0 aliphatic rings. The molecule has 0 saturated carbocycles. The predicted molar refractivity (Wildman–Crippen MR) is 73.0 cm³/mol. The van der Waals surface area contributed by atoms with Gasteiger partial charge in [-0.05, 0) is 23.6 Å². The van der Waals surface area contributed by atoms with Crippen molar-refractivity contribution < 1.29 is 14.6 Å². The summed E-state index contributed by atoms with van der Waals surface area (Å²) < 4.78 is 7.03. The van der Waals surface area contributed by atoms with Crippen molar-refractivity contribution in [1.82, 2.24) is 15.0 Å². The van der Waals surface area contributed by atoms with Gasteiger partial charge in [0.05, 0.1) is 12.7 Å². The number of carboxylic acids is 1. The van der Waals surface area contributed by atoms with Gasteiger partial charge in [0.2, 0.25) is 0 Å². The number of nitrogens with zero attached hydrogens (tertiary/aromatic N) is 3. The zero-order valence-electron chi connectivity index (χ0n) is 11.5. The number of aromatic carboxylic acids is 1. The molecule has 0 bridgehead atoms. The van der Waals surface area contributed by atoms with Crippen LogP contribution < -0.4 is 4.74 Å². The summed E-state index contributed by atoms with van der Waals surface area (Å²) in [4.78, 5) is 10.6. The lowest BCUT2D eigenvalue weighted by Gasteiger charge is -2.08. The summed E-state index contributed by atoms with van der Waals surface area (Å²) in [5.74, 6) is 0.197. The molecule has 1 aromatic carbocycles. The van der Waals surface area contributed by atoms with Gasteiger partial charge in [-0.15, -0.1) is 5.10 Å². The van der Waals surface area contributed by atoms with Crippen LogP contribution in [0, 0.1) is 0 Å². The first-order valence-electron chi connectivity index (χ1n) is 6.42. The summed E-state index contributed by atoms with van der Waals surface area (Å²) in [6.07, 6.45) is 1.38. The number of hydrogen-bond donors (Lipinski definition) is 1. The summed E-state index contributed by atoms with van der Waals surface area (Å²) in [5, 5.41) is 16.0. The van der Waals surface area contributed by atoms with Gasteiger partial charge in [-0.1, -0.05) is 31.2 Å². The molecule has 6 heteroatoms. The van der Waals surface area contributed by atoms with Crippen LogP contribution in [-0.2, 0) is 6.54 Å². The Morgan fingerprint density at radius 2 is 2.05 bits per heavy atom. The molecule has 0 spiro atoms. The van der Waals surface area contributed by atoms with Crippen molar-refractivity contribution in [2.45, 2.75) is 26.3 Å². The fraction of sp³-hybridized carbons (Fsp3) is 0.357. The molecule has 6 nitrogen and oxygen atoms in total. The van der Waals surface area contributed by atoms with Crippen molar-refractivity contribution in [3.63, 3.8) is 0 Å². The summed E-state index contributed by atoms with van der Waals surface area (Å²) >= 11 is 0. The molecule has 2 rings (SSSR count). The smallest absolute Gasteiger partial charge is 0.358 e. The van der Waals surface area contributed by atoms with E-state index in [0.29, 0.717) is 19.1 Å². The first-order valence-corrected chi connectivity index (χ1v) is 6.42. The lowest BCUT2D eigenvalue weighted by Crippen LogP contribution is -2.08. The Balaban J connectivity index is 1.84. The van der Waals surface area contributed by atoms with Crippen LogP contribution in [0.2, 0.25) is 0 Å². The van der Waals surface area contributed by atoms with Crippen molar-refractivity contribution in [3.8, 4) is 5.75 Å². The Kier molecular flexibility index (Phi) is 4.34. The molecule has 1 N–H and O–H groups in total. The Morgan fingerprint density at radius 1 is 1.35 bits per heavy atom. The first-order chi connectivity index (χ1) is 9.56. The Hall–Kier alpha value is -2.37. The molecular formula is C14H17N3O3. The quantitative estimate of drug-likeness (QED) is 0.874. The minimum Gasteiger partial charge on any atom is -0.492 e. The van der Waals surface area contributed by atoms with Crippen LogP contribution in [0.3, 0.4) is 0 Å². The van der Waals surface area contributed by atoms with Crippen LogP contribution in [0.1, 0.15) is 35.8 Å². The average Bonchev–Trinajstić information content (AvgIpc) is 2.88. The Morgan fingerprint density at radius 3 is 2.60 bits per heavy atom. The molecule has 0 atom stereocenters. The number of carboxylic acid groups (broad SMARTS) is 1. The average molecular weight is 275 g/mol. The Bertz CT molecular complexity index is 576. The second-order valence-electron chi connectivity index (χ2n) is 4.74. The molecule has 0 radical (unpaired) electrons. The number of aromatic nitrogens is 3. The number of benzene rings is 1. The third-order valence-corrected chi connectivity index (χ3v) is 2.89. The molecule has 0 unspecified atom stereocenters. The molecule has 0 aliphatic heterocycles. The molecule has 0 amide bonds. The van der Waals surface area contributed by atoms with Crippen LogP contribution in [0.5, 0.6) is 5.75 Å². The monoisotopic (exact) mass is 275 g/mol. The number of ether oxygens (including phenoxy) is 1. The fourth-order valence-corrected chi connectivity index (χ4v) is 1.71. The number of carbonyl (C=O) groups is 1. The van der Waals surface area contributed by atoms with Crippen LogP contribution in [0.4, 0.5) is 0 Å². The summed E-state index contributed by atoms with van der Waals surface area (Å²) in [6.45, 7) is 5.14. The molecule has 20 heavy (non-hydrogen) atoms. The lowest BCUT2D eigenvalue weighted by molar-refractivity contribution is 0.0690. The summed E-state index contributed by atoms with van der Waals surface area (Å²) in [5.41, 5.74) is 1.20. The largest absolute Gasteiger partial charge is 0.492 e. The van der Waals surface area contributed by atoms with E-state index in [1.54, 1.807) is 0 Å². The van der Waals surface area contributed by atoms with Crippen LogP contribution in [0.15, 0.2) is 30.5 Å². The minimum atomic E-state index is -1.08. The van der Waals surface area contributed by atoms with Gasteiger partial charge in [-0.2, -0.15) is 0 Å². The molecule has 106 valence electrons. The maximum Gasteiger partial charge on any atom is 0.358 e. The minimum absolute atomic E-state index is 0.0636. The second-order valence-corrected chi connectivity index (χ2v) is 4.74. The molecule has 1 heterocycles. The highest BCUT2D eigenvalue weighted by Gasteiger charge is 2.07. The zero-order chi connectivity index (χ0) is 14.5. The van der Waals surface area contributed by atoms with Crippen molar-refractivity contribution in [3.05, 3.63) is 41.7 Å². The summed E-state index contributed by atoms with van der Waals surface area (Å²) in [6, 6.07) is 7.94. The molecule has 0 aliphatic carbocycles. The summed E-state index contributed by atoms with van der Waals surface area (Å²) in [7, 11) is 0. The maximum absolute atomic E-state index is 10.6. The normalized spacial score (nSPS) is 10.8. The van der Waals surface area contributed by atoms with Gasteiger partial charge in [0, 0.05) is 0 Å². The van der Waals surface area contributed by atoms with Crippen molar-refractivity contribution in [2.75, 3.05) is 6.61 Å². The van der Waals surface area contributed by atoms with Crippen LogP contribution in [0.25, 0.3) is 0 Å². The van der Waals surface area contributed by atoms with E-state index in [1.807, 2.05) is 24.3 Å². The van der Waals surface area contributed by atoms with E-state index in [4.69, 9.17) is 9.84 Å². The molecule has 2 aromatic rings. The first kappa shape index (κ1) is 14.0. The standard InChI is InChI=1S/C14H17N3O3/c1-10(2)11-3-5-12(6-4-11)20-8-7-17-9-13(14(18)19)15-16-17/h3-6,9-10H,7-8H2,1-2H3,(H,18,19). The second kappa shape index (κ2) is 6.18. The van der Waals surface area contributed by atoms with E-state index in [2.05, 4.69) is 24.2 Å². The van der Waals surface area contributed by atoms with Crippen molar-refractivity contribution in [1.29, 1.82) is 0 Å². The number of rotatable bonds is 6. The molecular weight excluding hydrogens is 258 g/mol. The van der Waals surface area contributed by atoms with Gasteiger partial charge < -0.3 is 9.84 Å². The van der Waals surface area contributed by atoms with Crippen molar-refractivity contribution >= 4 is 5.97 Å². The highest BCUT2D eigenvalue weighted by molar-refractivity contribution is 5.84. The van der Waals surface area contributed by atoms with E-state index in [1.165, 1.54) is 16.4 Å². The maximum atomic E-state index is 10.6. The lowest BCUT2D eigenvalue weighted by atomic mass is 10.0. The van der Waals surface area contributed by atoms with E-state index in [0.717, 1.165) is 5.75 Å². The van der Waals surface area contributed by atoms with Gasteiger partial charge in [-0.3, -0.25) is 0 Å². The molecule has 0 saturated heterocycles. The van der Waals surface area contributed by atoms with E-state index in [-0.39, 0.29) is 5.69 Å². The third kappa shape index (κ3) is 3.57. The predicted octanol–water partition coefficient (Wildman–Crippen LogP) is 2.18. The van der Waals surface area contributed by atoms with Crippen LogP contribution >= 0.6 is 0 Å². The molecule has 1 aromatic heterocycles. The van der Waals surface area contributed by atoms with Gasteiger partial charge in [0.1, 0.15) is 12.4 Å². The fourth-order valence-electron chi connectivity index (χ4n) is 1.71. The van der Waals surface area contributed by atoms with Crippen LogP contribution in [-0.4, -0.2) is 32.7 Å². The SMILES string of the molecule is CC(C)c1ccc(OCCn2cc(C(=O)O)nn2)cc1. The highest BCUT2D eigenvalue weighted by Crippen LogP contribution is 2.18.